The van der Waals surface area contributed by atoms with Gasteiger partial charge < -0.3 is 5.11 Å². The van der Waals surface area contributed by atoms with Crippen LogP contribution in [0.25, 0.3) is 0 Å². The molecule has 0 fully saturated rings. The second-order valence-corrected chi connectivity index (χ2v) is 3.23. The zero-order valence-electron chi connectivity index (χ0n) is 8.65. The van der Waals surface area contributed by atoms with Crippen molar-refractivity contribution in [3.8, 4) is 0 Å². The molecule has 1 rings (SSSR count). The summed E-state index contributed by atoms with van der Waals surface area (Å²) in [6.45, 7) is 3.45. The molecule has 1 N–H and O–H groups in total. The van der Waals surface area contributed by atoms with Crippen molar-refractivity contribution in [3.05, 3.63) is 23.3 Å². The van der Waals surface area contributed by atoms with Gasteiger partial charge in [-0.05, 0) is 13.8 Å². The maximum absolute atomic E-state index is 11.5. The molecule has 1 aromatic rings. The quantitative estimate of drug-likeness (QED) is 0.750. The van der Waals surface area contributed by atoms with Gasteiger partial charge in [-0.2, -0.15) is 0 Å². The Morgan fingerprint density at radius 2 is 2.00 bits per heavy atom. The molecule has 0 aromatic carbocycles. The molecule has 1 heterocycles. The van der Waals surface area contributed by atoms with Crippen LogP contribution in [0.2, 0.25) is 0 Å². The minimum atomic E-state index is -0.978. The summed E-state index contributed by atoms with van der Waals surface area (Å²) in [6, 6.07) is 0. The van der Waals surface area contributed by atoms with Crippen LogP contribution >= 0.6 is 0 Å². The van der Waals surface area contributed by atoms with Gasteiger partial charge in [0.05, 0.1) is 17.7 Å². The molecule has 5 heteroatoms. The van der Waals surface area contributed by atoms with Crippen molar-refractivity contribution in [2.24, 2.45) is 0 Å². The SMILES string of the molecule is Cc1ncc(C(=O)CCC(=O)O)c(C)n1. The number of ketones is 1. The number of hydrogen-bond acceptors (Lipinski definition) is 4. The van der Waals surface area contributed by atoms with E-state index in [4.69, 9.17) is 5.11 Å². The van der Waals surface area contributed by atoms with E-state index in [0.717, 1.165) is 0 Å². The first-order valence-corrected chi connectivity index (χ1v) is 4.56. The number of hydrogen-bond donors (Lipinski definition) is 1. The summed E-state index contributed by atoms with van der Waals surface area (Å²) in [7, 11) is 0. The smallest absolute Gasteiger partial charge is 0.303 e. The highest BCUT2D eigenvalue weighted by Crippen LogP contribution is 2.08. The Morgan fingerprint density at radius 3 is 2.53 bits per heavy atom. The maximum atomic E-state index is 11.5. The van der Waals surface area contributed by atoms with E-state index >= 15 is 0 Å². The van der Waals surface area contributed by atoms with Gasteiger partial charge in [-0.3, -0.25) is 9.59 Å². The van der Waals surface area contributed by atoms with E-state index in [2.05, 4.69) is 9.97 Å². The molecule has 0 aliphatic heterocycles. The number of carbonyl (C=O) groups excluding carboxylic acids is 1. The van der Waals surface area contributed by atoms with Crippen LogP contribution in [0.3, 0.4) is 0 Å². The van der Waals surface area contributed by atoms with Gasteiger partial charge in [-0.25, -0.2) is 9.97 Å². The van der Waals surface area contributed by atoms with Crippen LogP contribution < -0.4 is 0 Å². The molecule has 1 aromatic heterocycles. The van der Waals surface area contributed by atoms with Gasteiger partial charge in [0, 0.05) is 12.6 Å². The van der Waals surface area contributed by atoms with Gasteiger partial charge >= 0.3 is 5.97 Å². The van der Waals surface area contributed by atoms with E-state index in [-0.39, 0.29) is 18.6 Å². The van der Waals surface area contributed by atoms with Crippen molar-refractivity contribution < 1.29 is 14.7 Å². The number of rotatable bonds is 4. The topological polar surface area (TPSA) is 80.2 Å². The van der Waals surface area contributed by atoms with Gasteiger partial charge in [-0.1, -0.05) is 0 Å². The number of carbonyl (C=O) groups is 2. The van der Waals surface area contributed by atoms with Gasteiger partial charge in [0.1, 0.15) is 5.82 Å². The van der Waals surface area contributed by atoms with E-state index in [1.54, 1.807) is 13.8 Å². The predicted octanol–water partition coefficient (Wildman–Crippen LogP) is 1.14. The molecule has 0 unspecified atom stereocenters. The van der Waals surface area contributed by atoms with Crippen LogP contribution in [0.5, 0.6) is 0 Å². The van der Waals surface area contributed by atoms with Gasteiger partial charge in [-0.15, -0.1) is 0 Å². The number of aromatic nitrogens is 2. The number of carboxylic acid groups (broad SMARTS) is 1. The molecule has 0 amide bonds. The van der Waals surface area contributed by atoms with Crippen LogP contribution in [0, 0.1) is 13.8 Å². The fraction of sp³-hybridized carbons (Fsp3) is 0.400. The van der Waals surface area contributed by atoms with Crippen LogP contribution in [-0.4, -0.2) is 26.8 Å². The fourth-order valence-electron chi connectivity index (χ4n) is 1.21. The number of aryl methyl sites for hydroxylation is 2. The Kier molecular flexibility index (Phi) is 3.49. The summed E-state index contributed by atoms with van der Waals surface area (Å²) in [6.07, 6.45) is 1.27. The van der Waals surface area contributed by atoms with Crippen LogP contribution in [0.15, 0.2) is 6.20 Å². The van der Waals surface area contributed by atoms with Crippen LogP contribution in [-0.2, 0) is 4.79 Å². The van der Waals surface area contributed by atoms with Crippen LogP contribution in [0.1, 0.15) is 34.7 Å². The summed E-state index contributed by atoms with van der Waals surface area (Å²) in [5.41, 5.74) is 1.000. The second-order valence-electron chi connectivity index (χ2n) is 3.23. The highest BCUT2D eigenvalue weighted by molar-refractivity contribution is 5.98. The second kappa shape index (κ2) is 4.63. The van der Waals surface area contributed by atoms with E-state index in [1.165, 1.54) is 6.20 Å². The molecule has 0 saturated heterocycles. The van der Waals surface area contributed by atoms with Gasteiger partial charge in [0.2, 0.25) is 0 Å². The summed E-state index contributed by atoms with van der Waals surface area (Å²) >= 11 is 0. The van der Waals surface area contributed by atoms with Crippen molar-refractivity contribution >= 4 is 11.8 Å². The zero-order valence-corrected chi connectivity index (χ0v) is 8.65. The maximum Gasteiger partial charge on any atom is 0.303 e. The van der Waals surface area contributed by atoms with Crippen LogP contribution in [0.4, 0.5) is 0 Å². The number of Topliss-reactive ketones (excluding diaryl/α,β-unsaturated/α-hetero) is 1. The largest absolute Gasteiger partial charge is 0.481 e. The minimum absolute atomic E-state index is 0.0113. The molecular weight excluding hydrogens is 196 g/mol. The first-order chi connectivity index (χ1) is 7.00. The molecule has 80 valence electrons. The Balaban J connectivity index is 2.78. The molecule has 0 saturated carbocycles. The average Bonchev–Trinajstić information content (AvgIpc) is 2.14. The third kappa shape index (κ3) is 3.12. The molecule has 0 radical (unpaired) electrons. The molecule has 0 bridgehead atoms. The Bertz CT molecular complexity index is 402. The lowest BCUT2D eigenvalue weighted by Gasteiger charge is -2.02. The molecule has 0 spiro atoms. The number of aliphatic carboxylic acids is 1. The first-order valence-electron chi connectivity index (χ1n) is 4.56. The normalized spacial score (nSPS) is 10.0. The molecule has 0 aliphatic carbocycles. The van der Waals surface area contributed by atoms with E-state index in [9.17, 15) is 9.59 Å². The van der Waals surface area contributed by atoms with Crippen molar-refractivity contribution in [1.29, 1.82) is 0 Å². The lowest BCUT2D eigenvalue weighted by atomic mass is 10.1. The lowest BCUT2D eigenvalue weighted by Crippen LogP contribution is -2.08. The van der Waals surface area contributed by atoms with Gasteiger partial charge in [0.15, 0.2) is 5.78 Å². The Morgan fingerprint density at radius 1 is 1.33 bits per heavy atom. The molecule has 0 aliphatic rings. The van der Waals surface area contributed by atoms with Crippen molar-refractivity contribution in [3.63, 3.8) is 0 Å². The number of carboxylic acids is 1. The van der Waals surface area contributed by atoms with Crippen molar-refractivity contribution in [2.45, 2.75) is 26.7 Å². The van der Waals surface area contributed by atoms with E-state index in [1.807, 2.05) is 0 Å². The summed E-state index contributed by atoms with van der Waals surface area (Å²) < 4.78 is 0. The highest BCUT2D eigenvalue weighted by Gasteiger charge is 2.12. The monoisotopic (exact) mass is 208 g/mol. The molecule has 15 heavy (non-hydrogen) atoms. The fourth-order valence-corrected chi connectivity index (χ4v) is 1.21. The lowest BCUT2D eigenvalue weighted by molar-refractivity contribution is -0.136. The minimum Gasteiger partial charge on any atom is -0.481 e. The molecule has 0 atom stereocenters. The summed E-state index contributed by atoms with van der Waals surface area (Å²) in [5, 5.41) is 8.44. The Labute approximate surface area is 87.2 Å². The van der Waals surface area contributed by atoms with E-state index < -0.39 is 5.97 Å². The van der Waals surface area contributed by atoms with Crippen molar-refractivity contribution in [2.75, 3.05) is 0 Å². The predicted molar refractivity (Wildman–Crippen MR) is 52.7 cm³/mol. The third-order valence-corrected chi connectivity index (χ3v) is 1.97. The number of nitrogens with zero attached hydrogens (tertiary/aromatic N) is 2. The highest BCUT2D eigenvalue weighted by atomic mass is 16.4. The standard InChI is InChI=1S/C10H12N2O3/c1-6-8(5-11-7(2)12-6)9(13)3-4-10(14)15/h5H,3-4H2,1-2H3,(H,14,15). The Hall–Kier alpha value is -1.78. The third-order valence-electron chi connectivity index (χ3n) is 1.97. The molecular formula is C10H12N2O3. The summed E-state index contributed by atoms with van der Waals surface area (Å²) in [5.74, 6) is -0.605. The first kappa shape index (κ1) is 11.3. The average molecular weight is 208 g/mol. The summed E-state index contributed by atoms with van der Waals surface area (Å²) in [4.78, 5) is 29.8. The van der Waals surface area contributed by atoms with E-state index in [0.29, 0.717) is 17.1 Å². The van der Waals surface area contributed by atoms with Gasteiger partial charge in [0.25, 0.3) is 0 Å². The molecule has 5 nitrogen and oxygen atoms in total. The zero-order chi connectivity index (χ0) is 11.4. The van der Waals surface area contributed by atoms with Crippen molar-refractivity contribution in [1.82, 2.24) is 9.97 Å².